The van der Waals surface area contributed by atoms with Gasteiger partial charge in [0, 0.05) is 12.0 Å². The predicted molar refractivity (Wildman–Crippen MR) is 116 cm³/mol. The topological polar surface area (TPSA) is 72.3 Å². The zero-order valence-corrected chi connectivity index (χ0v) is 18.4. The summed E-state index contributed by atoms with van der Waals surface area (Å²) >= 11 is 0. The summed E-state index contributed by atoms with van der Waals surface area (Å²) in [6, 6.07) is 13.8. The molecule has 0 aromatic heterocycles. The molecule has 164 valence electrons. The van der Waals surface area contributed by atoms with Crippen LogP contribution in [-0.4, -0.2) is 49.8 Å². The van der Waals surface area contributed by atoms with Crippen molar-refractivity contribution in [3.63, 3.8) is 0 Å². The monoisotopic (exact) mass is 424 g/mol. The minimum atomic E-state index is -0.864. The highest BCUT2D eigenvalue weighted by Crippen LogP contribution is 2.31. The van der Waals surface area contributed by atoms with Gasteiger partial charge in [0.05, 0.1) is 20.8 Å². The molecule has 7 heteroatoms. The number of nitrogens with zero attached hydrogens (tertiary/aromatic N) is 1. The third-order valence-corrected chi connectivity index (χ3v) is 6.38. The number of imide groups is 1. The van der Waals surface area contributed by atoms with E-state index in [1.165, 1.54) is 15.4 Å². The van der Waals surface area contributed by atoms with E-state index in [0.717, 1.165) is 42.8 Å². The number of rotatable bonds is 7. The summed E-state index contributed by atoms with van der Waals surface area (Å²) in [5.74, 6) is 1.29. The Morgan fingerprint density at radius 3 is 2.42 bits per heavy atom. The van der Waals surface area contributed by atoms with Crippen LogP contribution in [-0.2, 0) is 24.2 Å². The van der Waals surface area contributed by atoms with E-state index in [0.29, 0.717) is 18.8 Å². The molecular weight excluding hydrogens is 394 g/mol. The molecule has 0 radical (unpaired) electrons. The van der Waals surface area contributed by atoms with Crippen LogP contribution in [0.3, 0.4) is 0 Å². The zero-order valence-electron chi connectivity index (χ0n) is 18.4. The molecule has 31 heavy (non-hydrogen) atoms. The van der Waals surface area contributed by atoms with Crippen molar-refractivity contribution in [3.05, 3.63) is 59.2 Å². The summed E-state index contributed by atoms with van der Waals surface area (Å²) in [5.41, 5.74) is 2.69. The maximum atomic E-state index is 13.2. The lowest BCUT2D eigenvalue weighted by molar-refractivity contribution is -0.923. The molecule has 1 unspecified atom stereocenters. The van der Waals surface area contributed by atoms with Gasteiger partial charge < -0.3 is 19.7 Å². The summed E-state index contributed by atoms with van der Waals surface area (Å²) in [4.78, 5) is 28.4. The highest BCUT2D eigenvalue weighted by Gasteiger charge is 2.48. The van der Waals surface area contributed by atoms with Crippen LogP contribution < -0.4 is 19.7 Å². The van der Waals surface area contributed by atoms with Gasteiger partial charge >= 0.3 is 6.03 Å². The second-order valence-electron chi connectivity index (χ2n) is 8.54. The number of carbonyl (C=O) groups excluding carboxylic acids is 2. The van der Waals surface area contributed by atoms with Gasteiger partial charge in [0.1, 0.15) is 12.1 Å². The number of ether oxygens (including phenoxy) is 2. The summed E-state index contributed by atoms with van der Waals surface area (Å²) in [6.45, 7) is 3.77. The van der Waals surface area contributed by atoms with Crippen molar-refractivity contribution < 1.29 is 24.0 Å². The number of fused-ring (bicyclic) bond motifs is 1. The Morgan fingerprint density at radius 2 is 1.74 bits per heavy atom. The minimum absolute atomic E-state index is 0.140. The Hall–Kier alpha value is -3.06. The van der Waals surface area contributed by atoms with Crippen molar-refractivity contribution >= 4 is 11.9 Å². The van der Waals surface area contributed by atoms with E-state index in [9.17, 15) is 9.59 Å². The first-order valence-electron chi connectivity index (χ1n) is 10.7. The number of methoxy groups -OCH3 is 2. The van der Waals surface area contributed by atoms with E-state index in [2.05, 4.69) is 5.32 Å². The van der Waals surface area contributed by atoms with E-state index < -0.39 is 5.54 Å². The fourth-order valence-corrected chi connectivity index (χ4v) is 4.49. The van der Waals surface area contributed by atoms with Crippen molar-refractivity contribution in [3.8, 4) is 11.5 Å². The van der Waals surface area contributed by atoms with E-state index in [1.54, 1.807) is 14.2 Å². The molecule has 2 aliphatic heterocycles. The molecule has 1 saturated heterocycles. The second kappa shape index (κ2) is 8.59. The molecule has 3 amide bonds. The number of amides is 3. The number of benzene rings is 2. The number of hydrogen-bond acceptors (Lipinski definition) is 4. The molecule has 2 aromatic rings. The van der Waals surface area contributed by atoms with Crippen LogP contribution in [0.4, 0.5) is 4.79 Å². The molecule has 2 atom stereocenters. The third-order valence-electron chi connectivity index (χ3n) is 6.38. The summed E-state index contributed by atoms with van der Waals surface area (Å²) < 4.78 is 10.8. The number of urea groups is 1. The van der Waals surface area contributed by atoms with E-state index >= 15 is 0 Å². The molecule has 4 rings (SSSR count). The zero-order chi connectivity index (χ0) is 22.0. The Balaban J connectivity index is 1.42. The maximum absolute atomic E-state index is 13.2. The lowest BCUT2D eigenvalue weighted by Crippen LogP contribution is -3.13. The maximum Gasteiger partial charge on any atom is 0.329 e. The molecule has 0 aliphatic carbocycles. The van der Waals surface area contributed by atoms with E-state index in [-0.39, 0.29) is 11.9 Å². The average molecular weight is 425 g/mol. The van der Waals surface area contributed by atoms with Crippen molar-refractivity contribution in [2.45, 2.75) is 38.3 Å². The van der Waals surface area contributed by atoms with Gasteiger partial charge in [-0.3, -0.25) is 4.79 Å². The Kier molecular flexibility index (Phi) is 5.87. The Bertz CT molecular complexity index is 978. The summed E-state index contributed by atoms with van der Waals surface area (Å²) in [6.07, 6.45) is 2.18. The number of hydrogen-bond donors (Lipinski definition) is 2. The van der Waals surface area contributed by atoms with Gasteiger partial charge in [0.25, 0.3) is 5.91 Å². The largest absolute Gasteiger partial charge is 0.493 e. The van der Waals surface area contributed by atoms with Gasteiger partial charge in [-0.1, -0.05) is 30.3 Å². The van der Waals surface area contributed by atoms with Gasteiger partial charge in [0.2, 0.25) is 0 Å². The lowest BCUT2D eigenvalue weighted by Gasteiger charge is -2.29. The molecule has 7 nitrogen and oxygen atoms in total. The highest BCUT2D eigenvalue weighted by molar-refractivity contribution is 6.06. The molecule has 2 aliphatic rings. The molecule has 0 saturated carbocycles. The second-order valence-corrected chi connectivity index (χ2v) is 8.54. The number of quaternary nitrogens is 1. The fourth-order valence-electron chi connectivity index (χ4n) is 4.49. The number of carbonyl (C=O) groups is 2. The van der Waals surface area contributed by atoms with Crippen LogP contribution in [0.15, 0.2) is 42.5 Å². The third kappa shape index (κ3) is 4.23. The van der Waals surface area contributed by atoms with Crippen LogP contribution >= 0.6 is 0 Å². The van der Waals surface area contributed by atoms with Crippen molar-refractivity contribution in [1.29, 1.82) is 0 Å². The van der Waals surface area contributed by atoms with Crippen molar-refractivity contribution in [2.75, 3.05) is 27.4 Å². The van der Waals surface area contributed by atoms with Gasteiger partial charge in [-0.25, -0.2) is 9.69 Å². The molecule has 2 N–H and O–H groups in total. The predicted octanol–water partition coefficient (Wildman–Crippen LogP) is 1.55. The van der Waals surface area contributed by atoms with Gasteiger partial charge in [-0.15, -0.1) is 0 Å². The first-order valence-corrected chi connectivity index (χ1v) is 10.7. The minimum Gasteiger partial charge on any atom is -0.493 e. The molecule has 2 aromatic carbocycles. The SMILES string of the molecule is COc1cc2c(cc1OC)C[NH+](CN1C(=O)N[C@@](C)(CCc3ccccc3)C1=O)CC2. The quantitative estimate of drug-likeness (QED) is 0.662. The first-order chi connectivity index (χ1) is 14.9. The fraction of sp³-hybridized carbons (Fsp3) is 0.417. The van der Waals surface area contributed by atoms with E-state index in [1.807, 2.05) is 49.4 Å². The van der Waals surface area contributed by atoms with Gasteiger partial charge in [-0.05, 0) is 43.0 Å². The van der Waals surface area contributed by atoms with Crippen LogP contribution in [0.25, 0.3) is 0 Å². The normalized spacial score (nSPS) is 22.8. The number of aryl methyl sites for hydroxylation is 1. The lowest BCUT2D eigenvalue weighted by atomic mass is 9.93. The van der Waals surface area contributed by atoms with Crippen molar-refractivity contribution in [1.82, 2.24) is 10.2 Å². The van der Waals surface area contributed by atoms with E-state index in [4.69, 9.17) is 9.47 Å². The van der Waals surface area contributed by atoms with Gasteiger partial charge in [-0.2, -0.15) is 0 Å². The van der Waals surface area contributed by atoms with Crippen LogP contribution in [0.1, 0.15) is 30.0 Å². The average Bonchev–Trinajstić information content (AvgIpc) is 3.00. The van der Waals surface area contributed by atoms with Crippen molar-refractivity contribution in [2.24, 2.45) is 0 Å². The molecule has 1 fully saturated rings. The standard InChI is InChI=1S/C24H29N3O4/c1-24(11-9-17-7-5-4-6-8-17)22(28)27(23(29)25-24)16-26-12-10-18-13-20(30-2)21(31-3)14-19(18)15-26/h4-8,13-14H,9-12,15-16H2,1-3H3,(H,25,29)/p+1/t24-/m0/s1. The molecule has 2 heterocycles. The summed E-state index contributed by atoms with van der Waals surface area (Å²) in [5, 5.41) is 2.93. The first kappa shape index (κ1) is 21.2. The Morgan fingerprint density at radius 1 is 1.06 bits per heavy atom. The molecular formula is C24H30N3O4+. The van der Waals surface area contributed by atoms with Gasteiger partial charge in [0.15, 0.2) is 18.2 Å². The van der Waals surface area contributed by atoms with Crippen LogP contribution in [0.2, 0.25) is 0 Å². The summed E-state index contributed by atoms with van der Waals surface area (Å²) in [7, 11) is 3.26. The smallest absolute Gasteiger partial charge is 0.329 e. The number of nitrogens with one attached hydrogen (secondary N) is 2. The molecule has 0 spiro atoms. The van der Waals surface area contributed by atoms with Crippen LogP contribution in [0, 0.1) is 0 Å². The molecule has 0 bridgehead atoms. The Labute approximate surface area is 182 Å². The van der Waals surface area contributed by atoms with Crippen LogP contribution in [0.5, 0.6) is 11.5 Å². The highest BCUT2D eigenvalue weighted by atomic mass is 16.5.